The Balaban J connectivity index is 1.81. The lowest BCUT2D eigenvalue weighted by Crippen LogP contribution is -2.17. The van der Waals surface area contributed by atoms with Crippen LogP contribution < -0.4 is 0 Å². The van der Waals surface area contributed by atoms with E-state index in [4.69, 9.17) is 4.74 Å². The Kier molecular flexibility index (Phi) is 2.89. The van der Waals surface area contributed by atoms with Gasteiger partial charge in [0.25, 0.3) is 5.82 Å². The Labute approximate surface area is 107 Å². The van der Waals surface area contributed by atoms with Gasteiger partial charge < -0.3 is 4.74 Å². The largest absolute Gasteiger partial charge is 0.460 e. The molecular formula is C9H12N8O2. The van der Waals surface area contributed by atoms with Gasteiger partial charge in [-0.15, -0.1) is 10.2 Å². The second-order valence-corrected chi connectivity index (χ2v) is 4.15. The van der Waals surface area contributed by atoms with E-state index >= 15 is 0 Å². The van der Waals surface area contributed by atoms with Crippen LogP contribution in [-0.4, -0.2) is 53.0 Å². The summed E-state index contributed by atoms with van der Waals surface area (Å²) in [6.45, 7) is 2.23. The average Bonchev–Trinajstić information content (AvgIpc) is 2.96. The Morgan fingerprint density at radius 1 is 1.32 bits per heavy atom. The number of hydrogen-bond acceptors (Lipinski definition) is 8. The molecule has 0 unspecified atom stereocenters. The van der Waals surface area contributed by atoms with Crippen LogP contribution in [0.4, 0.5) is 0 Å². The number of ether oxygens (including phenoxy) is 1. The second-order valence-electron chi connectivity index (χ2n) is 4.15. The molecule has 19 heavy (non-hydrogen) atoms. The lowest BCUT2D eigenvalue weighted by molar-refractivity contribution is 0.0505. The highest BCUT2D eigenvalue weighted by atomic mass is 16.5. The van der Waals surface area contributed by atoms with Crippen LogP contribution in [0.5, 0.6) is 0 Å². The fourth-order valence-corrected chi connectivity index (χ4v) is 1.71. The predicted octanol–water partition coefficient (Wildman–Crippen LogP) is -0.781. The normalized spacial score (nSPS) is 14.6. The van der Waals surface area contributed by atoms with Crippen LogP contribution >= 0.6 is 0 Å². The standard InChI is InChI=1S/C9H12N8O2/c1-2-19-9(18)8-11-13-14-16(8)5-7-10-12-15-17(7)6-3-4-6/h6H,2-5H2,1H3. The van der Waals surface area contributed by atoms with Crippen molar-refractivity contribution >= 4 is 5.97 Å². The zero-order valence-electron chi connectivity index (χ0n) is 10.3. The zero-order valence-corrected chi connectivity index (χ0v) is 10.3. The molecule has 2 heterocycles. The molecule has 2 aromatic heterocycles. The van der Waals surface area contributed by atoms with Crippen molar-refractivity contribution in [3.05, 3.63) is 11.6 Å². The molecule has 1 aliphatic carbocycles. The first-order chi connectivity index (χ1) is 9.29. The molecule has 1 saturated carbocycles. The molecule has 10 heteroatoms. The van der Waals surface area contributed by atoms with E-state index in [1.54, 1.807) is 11.6 Å². The van der Waals surface area contributed by atoms with Crippen molar-refractivity contribution in [2.45, 2.75) is 32.4 Å². The van der Waals surface area contributed by atoms with E-state index in [0.717, 1.165) is 12.8 Å². The molecule has 0 saturated heterocycles. The molecule has 0 spiro atoms. The maximum absolute atomic E-state index is 11.6. The molecule has 0 aliphatic heterocycles. The summed E-state index contributed by atoms with van der Waals surface area (Å²) in [7, 11) is 0. The van der Waals surface area contributed by atoms with Crippen molar-refractivity contribution in [3.8, 4) is 0 Å². The Morgan fingerprint density at radius 2 is 2.11 bits per heavy atom. The predicted molar refractivity (Wildman–Crippen MR) is 59.0 cm³/mol. The van der Waals surface area contributed by atoms with Crippen molar-refractivity contribution in [1.29, 1.82) is 0 Å². The minimum absolute atomic E-state index is 0.0483. The summed E-state index contributed by atoms with van der Waals surface area (Å²) in [5.74, 6) is 0.116. The van der Waals surface area contributed by atoms with Crippen molar-refractivity contribution in [2.75, 3.05) is 6.61 Å². The highest BCUT2D eigenvalue weighted by Crippen LogP contribution is 2.34. The van der Waals surface area contributed by atoms with Gasteiger partial charge in [-0.2, -0.15) is 0 Å². The van der Waals surface area contributed by atoms with Gasteiger partial charge in [0.1, 0.15) is 6.54 Å². The number of hydrogen-bond donors (Lipinski definition) is 0. The fourth-order valence-electron chi connectivity index (χ4n) is 1.71. The smallest absolute Gasteiger partial charge is 0.378 e. The molecule has 0 atom stereocenters. The number of carbonyl (C=O) groups excluding carboxylic acids is 1. The van der Waals surface area contributed by atoms with Gasteiger partial charge in [-0.05, 0) is 40.6 Å². The zero-order chi connectivity index (χ0) is 13.2. The first kappa shape index (κ1) is 11.7. The van der Waals surface area contributed by atoms with Crippen molar-refractivity contribution in [1.82, 2.24) is 40.4 Å². The van der Waals surface area contributed by atoms with Crippen LogP contribution in [0.25, 0.3) is 0 Å². The maximum atomic E-state index is 11.6. The van der Waals surface area contributed by atoms with E-state index in [-0.39, 0.29) is 19.0 Å². The third-order valence-corrected chi connectivity index (χ3v) is 2.73. The summed E-state index contributed by atoms with van der Waals surface area (Å²) in [5.41, 5.74) is 0. The first-order valence-electron chi connectivity index (χ1n) is 5.99. The number of esters is 1. The van der Waals surface area contributed by atoms with E-state index in [2.05, 4.69) is 31.1 Å². The molecule has 0 amide bonds. The van der Waals surface area contributed by atoms with Crippen LogP contribution in [0.2, 0.25) is 0 Å². The van der Waals surface area contributed by atoms with Gasteiger partial charge in [-0.3, -0.25) is 0 Å². The van der Waals surface area contributed by atoms with Crippen LogP contribution in [0.3, 0.4) is 0 Å². The summed E-state index contributed by atoms with van der Waals surface area (Å²) >= 11 is 0. The van der Waals surface area contributed by atoms with Crippen molar-refractivity contribution in [3.63, 3.8) is 0 Å². The van der Waals surface area contributed by atoms with Gasteiger partial charge in [0.15, 0.2) is 5.82 Å². The van der Waals surface area contributed by atoms with E-state index in [9.17, 15) is 4.79 Å². The quantitative estimate of drug-likeness (QED) is 0.646. The summed E-state index contributed by atoms with van der Waals surface area (Å²) in [6, 6.07) is 0.354. The third-order valence-electron chi connectivity index (χ3n) is 2.73. The van der Waals surface area contributed by atoms with Gasteiger partial charge >= 0.3 is 5.97 Å². The molecule has 2 aromatic rings. The lowest BCUT2D eigenvalue weighted by atomic mass is 10.5. The molecule has 10 nitrogen and oxygen atoms in total. The minimum atomic E-state index is -0.557. The molecule has 0 N–H and O–H groups in total. The monoisotopic (exact) mass is 264 g/mol. The number of aromatic nitrogens is 8. The third kappa shape index (κ3) is 2.28. The summed E-state index contributed by atoms with van der Waals surface area (Å²) in [6.07, 6.45) is 2.14. The van der Waals surface area contributed by atoms with E-state index in [1.807, 2.05) is 0 Å². The molecule has 1 fully saturated rings. The highest BCUT2D eigenvalue weighted by Gasteiger charge is 2.28. The minimum Gasteiger partial charge on any atom is -0.460 e. The topological polar surface area (TPSA) is 114 Å². The van der Waals surface area contributed by atoms with Gasteiger partial charge in [-0.1, -0.05) is 0 Å². The Morgan fingerprint density at radius 3 is 2.84 bits per heavy atom. The van der Waals surface area contributed by atoms with E-state index < -0.39 is 5.97 Å². The van der Waals surface area contributed by atoms with Gasteiger partial charge in [0.2, 0.25) is 0 Å². The molecular weight excluding hydrogens is 252 g/mol. The SMILES string of the molecule is CCOC(=O)c1nnnn1Cc1nnnn1C1CC1. The molecule has 0 bridgehead atoms. The van der Waals surface area contributed by atoms with Gasteiger partial charge in [0.05, 0.1) is 12.6 Å². The Bertz CT molecular complexity index is 587. The number of nitrogens with zero attached hydrogens (tertiary/aromatic N) is 8. The van der Waals surface area contributed by atoms with Crippen LogP contribution in [-0.2, 0) is 11.3 Å². The number of rotatable bonds is 5. The number of tetrazole rings is 2. The summed E-state index contributed by atoms with van der Waals surface area (Å²) in [5, 5.41) is 22.4. The van der Waals surface area contributed by atoms with Crippen molar-refractivity contribution in [2.24, 2.45) is 0 Å². The van der Waals surface area contributed by atoms with Crippen LogP contribution in [0.15, 0.2) is 0 Å². The highest BCUT2D eigenvalue weighted by molar-refractivity contribution is 5.85. The summed E-state index contributed by atoms with van der Waals surface area (Å²) < 4.78 is 7.96. The fraction of sp³-hybridized carbons (Fsp3) is 0.667. The van der Waals surface area contributed by atoms with Gasteiger partial charge in [0, 0.05) is 0 Å². The average molecular weight is 264 g/mol. The van der Waals surface area contributed by atoms with E-state index in [0.29, 0.717) is 11.9 Å². The molecule has 0 aromatic carbocycles. The maximum Gasteiger partial charge on any atom is 0.378 e. The number of carbonyl (C=O) groups is 1. The van der Waals surface area contributed by atoms with Crippen molar-refractivity contribution < 1.29 is 9.53 Å². The van der Waals surface area contributed by atoms with Gasteiger partial charge in [-0.25, -0.2) is 14.2 Å². The molecule has 0 radical (unpaired) electrons. The first-order valence-corrected chi connectivity index (χ1v) is 5.99. The van der Waals surface area contributed by atoms with Crippen LogP contribution in [0, 0.1) is 0 Å². The molecule has 3 rings (SSSR count). The Hall–Kier alpha value is -2.39. The summed E-state index contributed by atoms with van der Waals surface area (Å²) in [4.78, 5) is 11.6. The molecule has 1 aliphatic rings. The van der Waals surface area contributed by atoms with Crippen LogP contribution in [0.1, 0.15) is 42.3 Å². The lowest BCUT2D eigenvalue weighted by Gasteiger charge is -2.04. The molecule has 100 valence electrons. The van der Waals surface area contributed by atoms with E-state index in [1.165, 1.54) is 4.68 Å². The second kappa shape index (κ2) is 4.71.